The number of quaternary nitrogens is 1. The SMILES string of the molecule is CCOC(=O)[C@H]1CCC[NH+](Cn2c(C)c(C)c(C)c(C#N)c2=S)C1. The minimum atomic E-state index is -0.0900. The van der Waals surface area contributed by atoms with E-state index in [0.717, 1.165) is 42.8 Å². The molecule has 24 heavy (non-hydrogen) atoms. The number of esters is 1. The van der Waals surface area contributed by atoms with Crippen LogP contribution in [0.3, 0.4) is 0 Å². The second kappa shape index (κ2) is 7.91. The number of hydrogen-bond acceptors (Lipinski definition) is 4. The molecule has 2 heterocycles. The van der Waals surface area contributed by atoms with Crippen molar-refractivity contribution in [2.24, 2.45) is 5.92 Å². The van der Waals surface area contributed by atoms with Gasteiger partial charge in [0.25, 0.3) is 0 Å². The predicted octanol–water partition coefficient (Wildman–Crippen LogP) is 1.83. The second-order valence-corrected chi connectivity index (χ2v) is 6.90. The molecule has 1 fully saturated rings. The van der Waals surface area contributed by atoms with Crippen LogP contribution in [0, 0.1) is 42.7 Å². The molecule has 0 aromatic carbocycles. The van der Waals surface area contributed by atoms with Gasteiger partial charge in [0.1, 0.15) is 16.6 Å². The van der Waals surface area contributed by atoms with E-state index in [4.69, 9.17) is 17.0 Å². The maximum atomic E-state index is 12.0. The fraction of sp³-hybridized carbons (Fsp3) is 0.611. The van der Waals surface area contributed by atoms with E-state index in [0.29, 0.717) is 23.5 Å². The molecule has 1 aliphatic rings. The molecule has 0 bridgehead atoms. The van der Waals surface area contributed by atoms with Crippen LogP contribution in [-0.2, 0) is 16.2 Å². The Hall–Kier alpha value is -1.71. The van der Waals surface area contributed by atoms with Gasteiger partial charge in [0, 0.05) is 5.69 Å². The number of ether oxygens (including phenoxy) is 1. The summed E-state index contributed by atoms with van der Waals surface area (Å²) >= 11 is 5.55. The molecule has 130 valence electrons. The Morgan fingerprint density at radius 2 is 2.12 bits per heavy atom. The van der Waals surface area contributed by atoms with E-state index in [1.54, 1.807) is 0 Å². The third-order valence-corrected chi connectivity index (χ3v) is 5.50. The first-order valence-corrected chi connectivity index (χ1v) is 8.92. The molecule has 1 aliphatic heterocycles. The fourth-order valence-electron chi connectivity index (χ4n) is 3.41. The van der Waals surface area contributed by atoms with Gasteiger partial charge in [-0.15, -0.1) is 0 Å². The highest BCUT2D eigenvalue weighted by Crippen LogP contribution is 2.18. The first kappa shape index (κ1) is 18.6. The van der Waals surface area contributed by atoms with E-state index in [2.05, 4.69) is 10.6 Å². The standard InChI is InChI=1S/C18H25N3O2S/c1-5-23-18(22)15-7-6-8-20(10-15)11-21-14(4)12(2)13(3)16(9-19)17(21)24/h15H,5-8,10-11H2,1-4H3/p+1/t15-/m0/s1. The third-order valence-electron chi connectivity index (χ3n) is 5.08. The van der Waals surface area contributed by atoms with Crippen LogP contribution in [0.25, 0.3) is 0 Å². The largest absolute Gasteiger partial charge is 0.466 e. The van der Waals surface area contributed by atoms with Crippen molar-refractivity contribution in [2.45, 2.75) is 47.2 Å². The Morgan fingerprint density at radius 1 is 1.42 bits per heavy atom. The van der Waals surface area contributed by atoms with Crippen molar-refractivity contribution >= 4 is 18.2 Å². The summed E-state index contributed by atoms with van der Waals surface area (Å²) in [5, 5.41) is 9.42. The first-order chi connectivity index (χ1) is 11.4. The minimum Gasteiger partial charge on any atom is -0.466 e. The molecule has 0 radical (unpaired) electrons. The Balaban J connectivity index is 2.25. The van der Waals surface area contributed by atoms with Crippen molar-refractivity contribution in [3.8, 4) is 6.07 Å². The molecule has 1 unspecified atom stereocenters. The van der Waals surface area contributed by atoms with Crippen molar-refractivity contribution in [2.75, 3.05) is 19.7 Å². The monoisotopic (exact) mass is 348 g/mol. The molecule has 1 aromatic rings. The smallest absolute Gasteiger partial charge is 0.314 e. The molecule has 1 aromatic heterocycles. The molecule has 5 nitrogen and oxygen atoms in total. The fourth-order valence-corrected chi connectivity index (χ4v) is 3.81. The molecule has 0 spiro atoms. The molecule has 2 atom stereocenters. The Bertz CT molecular complexity index is 733. The quantitative estimate of drug-likeness (QED) is 0.666. The predicted molar refractivity (Wildman–Crippen MR) is 94.2 cm³/mol. The summed E-state index contributed by atoms with van der Waals surface area (Å²) in [5.41, 5.74) is 3.77. The zero-order valence-electron chi connectivity index (χ0n) is 14.9. The second-order valence-electron chi connectivity index (χ2n) is 6.51. The summed E-state index contributed by atoms with van der Waals surface area (Å²) in [6.07, 6.45) is 1.89. The normalized spacial score (nSPS) is 20.5. The molecule has 1 saturated heterocycles. The average molecular weight is 348 g/mol. The maximum absolute atomic E-state index is 12.0. The zero-order valence-corrected chi connectivity index (χ0v) is 15.8. The van der Waals surface area contributed by atoms with Gasteiger partial charge in [-0.05, 0) is 51.7 Å². The number of pyridine rings is 1. The lowest BCUT2D eigenvalue weighted by Crippen LogP contribution is -3.13. The Kier molecular flexibility index (Phi) is 6.14. The highest BCUT2D eigenvalue weighted by molar-refractivity contribution is 7.71. The number of carbonyl (C=O) groups excluding carboxylic acids is 1. The van der Waals surface area contributed by atoms with Gasteiger partial charge in [0.2, 0.25) is 0 Å². The van der Waals surface area contributed by atoms with E-state index < -0.39 is 0 Å². The molecular formula is C18H26N3O2S+. The number of aromatic nitrogens is 1. The molecule has 0 saturated carbocycles. The molecule has 1 N–H and O–H groups in total. The van der Waals surface area contributed by atoms with Crippen LogP contribution in [0.1, 0.15) is 42.1 Å². The molecule has 0 amide bonds. The Labute approximate surface area is 148 Å². The van der Waals surface area contributed by atoms with Gasteiger partial charge in [0.15, 0.2) is 6.67 Å². The number of carbonyl (C=O) groups is 1. The highest BCUT2D eigenvalue weighted by atomic mass is 32.1. The third kappa shape index (κ3) is 3.68. The van der Waals surface area contributed by atoms with E-state index in [9.17, 15) is 10.1 Å². The van der Waals surface area contributed by atoms with Crippen molar-refractivity contribution in [3.05, 3.63) is 27.0 Å². The number of likely N-dealkylation sites (tertiary alicyclic amines) is 1. The lowest BCUT2D eigenvalue weighted by Gasteiger charge is -2.30. The molecule has 6 heteroatoms. The van der Waals surface area contributed by atoms with Crippen LogP contribution >= 0.6 is 12.2 Å². The zero-order chi connectivity index (χ0) is 17.9. The van der Waals surface area contributed by atoms with Gasteiger partial charge in [0.05, 0.1) is 25.3 Å². The number of nitrogens with one attached hydrogen (secondary N) is 1. The summed E-state index contributed by atoms with van der Waals surface area (Å²) < 4.78 is 7.83. The van der Waals surface area contributed by atoms with Crippen LogP contribution in [0.5, 0.6) is 0 Å². The summed E-state index contributed by atoms with van der Waals surface area (Å²) in [4.78, 5) is 13.3. The lowest BCUT2D eigenvalue weighted by atomic mass is 9.98. The van der Waals surface area contributed by atoms with Gasteiger partial charge >= 0.3 is 5.97 Å². The highest BCUT2D eigenvalue weighted by Gasteiger charge is 2.30. The number of nitrogens with zero attached hydrogens (tertiary/aromatic N) is 2. The topological polar surface area (TPSA) is 59.5 Å². The Morgan fingerprint density at radius 3 is 2.75 bits per heavy atom. The molecule has 0 aliphatic carbocycles. The average Bonchev–Trinajstić information content (AvgIpc) is 2.58. The van der Waals surface area contributed by atoms with Crippen LogP contribution in [0.15, 0.2) is 0 Å². The first-order valence-electron chi connectivity index (χ1n) is 8.51. The summed E-state index contributed by atoms with van der Waals surface area (Å²) in [6, 6.07) is 2.24. The van der Waals surface area contributed by atoms with E-state index in [1.807, 2.05) is 27.7 Å². The van der Waals surface area contributed by atoms with Crippen molar-refractivity contribution in [1.29, 1.82) is 5.26 Å². The molecular weight excluding hydrogens is 322 g/mol. The number of hydrogen-bond donors (Lipinski definition) is 1. The number of nitriles is 1. The minimum absolute atomic E-state index is 0.0369. The van der Waals surface area contributed by atoms with Crippen LogP contribution in [0.2, 0.25) is 0 Å². The summed E-state index contributed by atoms with van der Waals surface area (Å²) in [5.74, 6) is -0.127. The summed E-state index contributed by atoms with van der Waals surface area (Å²) in [6.45, 7) is 10.8. The number of piperidine rings is 1. The van der Waals surface area contributed by atoms with Crippen LogP contribution in [-0.4, -0.2) is 30.2 Å². The van der Waals surface area contributed by atoms with E-state index >= 15 is 0 Å². The maximum Gasteiger partial charge on any atom is 0.314 e. The van der Waals surface area contributed by atoms with E-state index in [-0.39, 0.29) is 11.9 Å². The van der Waals surface area contributed by atoms with Gasteiger partial charge in [-0.1, -0.05) is 12.2 Å². The molecule has 2 rings (SSSR count). The van der Waals surface area contributed by atoms with Crippen LogP contribution < -0.4 is 4.90 Å². The van der Waals surface area contributed by atoms with Crippen molar-refractivity contribution < 1.29 is 14.4 Å². The van der Waals surface area contributed by atoms with Crippen molar-refractivity contribution in [1.82, 2.24) is 4.57 Å². The van der Waals surface area contributed by atoms with Crippen molar-refractivity contribution in [3.63, 3.8) is 0 Å². The van der Waals surface area contributed by atoms with Gasteiger partial charge in [-0.25, -0.2) is 0 Å². The summed E-state index contributed by atoms with van der Waals surface area (Å²) in [7, 11) is 0. The van der Waals surface area contributed by atoms with E-state index in [1.165, 1.54) is 4.90 Å². The lowest BCUT2D eigenvalue weighted by molar-refractivity contribution is -0.930. The van der Waals surface area contributed by atoms with Gasteiger partial charge < -0.3 is 9.64 Å². The van der Waals surface area contributed by atoms with Gasteiger partial charge in [-0.2, -0.15) is 5.26 Å². The van der Waals surface area contributed by atoms with Crippen LogP contribution in [0.4, 0.5) is 0 Å². The number of rotatable bonds is 4. The van der Waals surface area contributed by atoms with Gasteiger partial charge in [-0.3, -0.25) is 9.36 Å².